The first-order valence-electron chi connectivity index (χ1n) is 12.8. The van der Waals surface area contributed by atoms with Crippen molar-refractivity contribution in [1.82, 2.24) is 19.7 Å². The number of nitrogens with two attached hydrogens (primary N) is 1. The van der Waals surface area contributed by atoms with E-state index < -0.39 is 55.6 Å². The summed E-state index contributed by atoms with van der Waals surface area (Å²) in [5.41, 5.74) is 3.39. The largest absolute Gasteiger partial charge is 0.468 e. The molecule has 3 aromatic rings. The average Bonchev–Trinajstić information content (AvgIpc) is 3.49. The van der Waals surface area contributed by atoms with Crippen molar-refractivity contribution in [2.24, 2.45) is 0 Å². The summed E-state index contributed by atoms with van der Waals surface area (Å²) in [7, 11) is -3.14. The lowest BCUT2D eigenvalue weighted by molar-refractivity contribution is -0.186. The van der Waals surface area contributed by atoms with E-state index in [1.54, 1.807) is 42.5 Å². The van der Waals surface area contributed by atoms with Crippen LogP contribution in [0.1, 0.15) is 33.4 Å². The van der Waals surface area contributed by atoms with E-state index in [9.17, 15) is 18.9 Å². The quantitative estimate of drug-likeness (QED) is 0.183. The Morgan fingerprint density at radius 2 is 1.90 bits per heavy atom. The van der Waals surface area contributed by atoms with Crippen molar-refractivity contribution in [1.29, 1.82) is 0 Å². The molecule has 0 spiro atoms. The highest BCUT2D eigenvalue weighted by Crippen LogP contribution is 2.50. The first-order valence-corrected chi connectivity index (χ1v) is 14.3. The SMILES string of the molecule is COC(=O)[C@H](C)NP(=O)(OC[C@@]1(C)OC[C@@](OC(C)=O)(c2ccc3c(N)ncnn23)[C@@H]1OC(C)=O)Oc1ccccc1. The monoisotopic (exact) mass is 605 g/mol. The van der Waals surface area contributed by atoms with Crippen molar-refractivity contribution in [3.63, 3.8) is 0 Å². The van der Waals surface area contributed by atoms with Gasteiger partial charge in [0.2, 0.25) is 5.60 Å². The van der Waals surface area contributed by atoms with Crippen LogP contribution in [-0.4, -0.2) is 70.6 Å². The van der Waals surface area contributed by atoms with Gasteiger partial charge in [-0.25, -0.2) is 14.1 Å². The van der Waals surface area contributed by atoms with E-state index in [1.165, 1.54) is 45.6 Å². The highest BCUT2D eigenvalue weighted by molar-refractivity contribution is 7.52. The summed E-state index contributed by atoms with van der Waals surface area (Å²) in [5, 5.41) is 6.79. The van der Waals surface area contributed by atoms with Gasteiger partial charge in [0, 0.05) is 13.8 Å². The maximum atomic E-state index is 14.0. The molecule has 3 heterocycles. The van der Waals surface area contributed by atoms with E-state index in [1.807, 2.05) is 0 Å². The van der Waals surface area contributed by atoms with Crippen molar-refractivity contribution in [3.8, 4) is 5.75 Å². The number of nitrogens with zero attached hydrogens (tertiary/aromatic N) is 3. The van der Waals surface area contributed by atoms with E-state index in [0.29, 0.717) is 5.52 Å². The maximum Gasteiger partial charge on any atom is 0.459 e. The summed E-state index contributed by atoms with van der Waals surface area (Å²) < 4.78 is 49.3. The number of carbonyl (C=O) groups excluding carboxylic acids is 3. The van der Waals surface area contributed by atoms with Crippen LogP contribution in [0.15, 0.2) is 48.8 Å². The number of hydrogen-bond donors (Lipinski definition) is 2. The number of nitrogen functional groups attached to an aromatic ring is 1. The van der Waals surface area contributed by atoms with Crippen LogP contribution in [0.25, 0.3) is 5.52 Å². The summed E-state index contributed by atoms with van der Waals surface area (Å²) in [5.74, 6) is -1.79. The number of ether oxygens (including phenoxy) is 4. The molecule has 0 saturated carbocycles. The van der Waals surface area contributed by atoms with Crippen LogP contribution in [0.3, 0.4) is 0 Å². The number of methoxy groups -OCH3 is 1. The van der Waals surface area contributed by atoms with E-state index in [0.717, 1.165) is 0 Å². The third kappa shape index (κ3) is 6.23. The first-order chi connectivity index (χ1) is 19.8. The molecule has 0 aliphatic carbocycles. The average molecular weight is 606 g/mol. The molecule has 0 bridgehead atoms. The third-order valence-corrected chi connectivity index (χ3v) is 8.14. The molecule has 3 N–H and O–H groups in total. The number of benzene rings is 1. The molecule has 226 valence electrons. The fourth-order valence-corrected chi connectivity index (χ4v) is 6.27. The summed E-state index contributed by atoms with van der Waals surface area (Å²) in [6, 6.07) is 10.3. The predicted octanol–water partition coefficient (Wildman–Crippen LogP) is 2.15. The number of anilines is 1. The van der Waals surface area contributed by atoms with E-state index in [2.05, 4.69) is 15.2 Å². The Hall–Kier alpha value is -4.04. The Balaban J connectivity index is 1.74. The molecule has 4 rings (SSSR count). The minimum atomic E-state index is -4.32. The van der Waals surface area contributed by atoms with Crippen molar-refractivity contribution in [2.75, 3.05) is 26.1 Å². The summed E-state index contributed by atoms with van der Waals surface area (Å²) in [6.45, 7) is 4.50. The molecule has 1 fully saturated rings. The minimum Gasteiger partial charge on any atom is -0.468 e. The first kappa shape index (κ1) is 30.9. The van der Waals surface area contributed by atoms with Gasteiger partial charge in [-0.3, -0.25) is 18.9 Å². The molecule has 1 saturated heterocycles. The van der Waals surface area contributed by atoms with Crippen molar-refractivity contribution in [2.45, 2.75) is 51.0 Å². The van der Waals surface area contributed by atoms with Gasteiger partial charge in [0.05, 0.1) is 26.0 Å². The van der Waals surface area contributed by atoms with E-state index >= 15 is 0 Å². The molecule has 0 radical (unpaired) electrons. The summed E-state index contributed by atoms with van der Waals surface area (Å²) in [6.07, 6.45) is -0.124. The Morgan fingerprint density at radius 3 is 2.55 bits per heavy atom. The number of aromatic nitrogens is 3. The van der Waals surface area contributed by atoms with Crippen molar-refractivity contribution in [3.05, 3.63) is 54.5 Å². The van der Waals surface area contributed by atoms with Crippen molar-refractivity contribution < 1.29 is 46.9 Å². The van der Waals surface area contributed by atoms with Gasteiger partial charge in [-0.2, -0.15) is 10.2 Å². The van der Waals surface area contributed by atoms with Crippen LogP contribution in [-0.2, 0) is 48.0 Å². The fraction of sp³-hybridized carbons (Fsp3) is 0.423. The Kier molecular flexibility index (Phi) is 8.87. The molecule has 1 aliphatic rings. The molecule has 16 heteroatoms. The van der Waals surface area contributed by atoms with Gasteiger partial charge in [-0.15, -0.1) is 0 Å². The molecule has 5 atom stereocenters. The number of esters is 3. The number of para-hydroxylation sites is 1. The van der Waals surface area contributed by atoms with Crippen LogP contribution in [0.5, 0.6) is 5.75 Å². The van der Waals surface area contributed by atoms with Gasteiger partial charge >= 0.3 is 25.7 Å². The standard InChI is InChI=1S/C26H32N5O10P/c1-16(23(34)36-5)30-42(35,41-19-9-7-6-8-10-19)38-13-25(4)24(39-17(2)32)26(14-37-25,40-18(3)33)21-12-11-20-22(27)28-15-29-31(20)21/h6-12,15-16,24H,13-14H2,1-5H3,(H,30,35)(H2,27,28,29)/t16-,24+,25+,26+,42?/m0/s1. The summed E-state index contributed by atoms with van der Waals surface area (Å²) >= 11 is 0. The van der Waals surface area contributed by atoms with Gasteiger partial charge in [0.15, 0.2) is 11.9 Å². The Labute approximate surface area is 241 Å². The maximum absolute atomic E-state index is 14.0. The van der Waals surface area contributed by atoms with Crippen LogP contribution in [0.2, 0.25) is 0 Å². The molecular weight excluding hydrogens is 573 g/mol. The Bertz CT molecular complexity index is 1520. The number of nitrogens with one attached hydrogen (secondary N) is 1. The third-order valence-electron chi connectivity index (χ3n) is 6.52. The Morgan fingerprint density at radius 1 is 1.19 bits per heavy atom. The molecular formula is C26H32N5O10P. The van der Waals surface area contributed by atoms with E-state index in [-0.39, 0.29) is 23.9 Å². The highest BCUT2D eigenvalue weighted by Gasteiger charge is 2.64. The number of rotatable bonds is 11. The fourth-order valence-electron chi connectivity index (χ4n) is 4.68. The summed E-state index contributed by atoms with van der Waals surface area (Å²) in [4.78, 5) is 40.9. The lowest BCUT2D eigenvalue weighted by atomic mass is 9.86. The number of hydrogen-bond acceptors (Lipinski definition) is 13. The topological polar surface area (TPSA) is 192 Å². The van der Waals surface area contributed by atoms with Crippen molar-refractivity contribution >= 4 is 37.0 Å². The normalized spacial score (nSPS) is 24.0. The van der Waals surface area contributed by atoms with Crippen LogP contribution < -0.4 is 15.3 Å². The zero-order valence-electron chi connectivity index (χ0n) is 23.6. The molecule has 2 aromatic heterocycles. The lowest BCUT2D eigenvalue weighted by Gasteiger charge is -2.37. The van der Waals surface area contributed by atoms with Gasteiger partial charge < -0.3 is 29.2 Å². The predicted molar refractivity (Wildman–Crippen MR) is 146 cm³/mol. The second-order valence-electron chi connectivity index (χ2n) is 9.78. The molecule has 1 aromatic carbocycles. The zero-order chi connectivity index (χ0) is 30.7. The van der Waals surface area contributed by atoms with Crippen LogP contribution in [0, 0.1) is 0 Å². The molecule has 15 nitrogen and oxygen atoms in total. The van der Waals surface area contributed by atoms with Gasteiger partial charge in [0.25, 0.3) is 0 Å². The lowest BCUT2D eigenvalue weighted by Crippen LogP contribution is -2.54. The molecule has 1 aliphatic heterocycles. The minimum absolute atomic E-state index is 0.160. The molecule has 42 heavy (non-hydrogen) atoms. The van der Waals surface area contributed by atoms with Gasteiger partial charge in [0.1, 0.15) is 29.2 Å². The number of carbonyl (C=O) groups is 3. The van der Waals surface area contributed by atoms with Gasteiger partial charge in [-0.05, 0) is 38.1 Å². The highest BCUT2D eigenvalue weighted by atomic mass is 31.2. The second kappa shape index (κ2) is 12.1. The van der Waals surface area contributed by atoms with E-state index in [4.69, 9.17) is 33.7 Å². The smallest absolute Gasteiger partial charge is 0.459 e. The zero-order valence-corrected chi connectivity index (χ0v) is 24.5. The van der Waals surface area contributed by atoms with Crippen LogP contribution in [0.4, 0.5) is 5.82 Å². The van der Waals surface area contributed by atoms with Crippen LogP contribution >= 0.6 is 7.75 Å². The van der Waals surface area contributed by atoms with Gasteiger partial charge in [-0.1, -0.05) is 18.2 Å². The molecule has 0 amide bonds. The second-order valence-corrected chi connectivity index (χ2v) is 11.5. The number of fused-ring (bicyclic) bond motifs is 1. The molecule has 1 unspecified atom stereocenters.